The number of urea groups is 1. The number of nitrogens with one attached hydrogen (secondary N) is 1. The maximum atomic E-state index is 12.7. The van der Waals surface area contributed by atoms with Gasteiger partial charge in [-0.25, -0.2) is 9.59 Å². The number of carboxylic acids is 1. The van der Waals surface area contributed by atoms with E-state index in [1.54, 1.807) is 24.3 Å². The van der Waals surface area contributed by atoms with Crippen molar-refractivity contribution in [3.05, 3.63) is 54.1 Å². The monoisotopic (exact) mass is 425 g/mol. The lowest BCUT2D eigenvalue weighted by Crippen LogP contribution is -2.50. The second-order valence-corrected chi connectivity index (χ2v) is 8.79. The summed E-state index contributed by atoms with van der Waals surface area (Å²) >= 11 is 0. The van der Waals surface area contributed by atoms with Crippen molar-refractivity contribution < 1.29 is 19.4 Å². The van der Waals surface area contributed by atoms with E-state index in [4.69, 9.17) is 9.84 Å². The second kappa shape index (κ2) is 9.29. The van der Waals surface area contributed by atoms with Crippen LogP contribution in [0.3, 0.4) is 0 Å². The number of ether oxygens (including phenoxy) is 1. The van der Waals surface area contributed by atoms with Gasteiger partial charge in [0, 0.05) is 37.6 Å². The first kappa shape index (κ1) is 22.5. The van der Waals surface area contributed by atoms with Crippen molar-refractivity contribution in [2.45, 2.75) is 39.2 Å². The number of benzene rings is 2. The number of carbonyl (C=O) groups is 2. The topological polar surface area (TPSA) is 82.1 Å². The Labute approximate surface area is 183 Å². The quantitative estimate of drug-likeness (QED) is 0.751. The van der Waals surface area contributed by atoms with E-state index in [2.05, 4.69) is 55.3 Å². The fourth-order valence-corrected chi connectivity index (χ4v) is 3.61. The number of hydrogen-bond donors (Lipinski definition) is 2. The minimum Gasteiger partial charge on any atom is -0.479 e. The third-order valence-electron chi connectivity index (χ3n) is 5.39. The Hall–Kier alpha value is -3.22. The van der Waals surface area contributed by atoms with Gasteiger partial charge in [0.25, 0.3) is 0 Å². The standard InChI is InChI=1S/C24H31N3O4/c1-17(22(28)29)31-19-11-9-18(10-12-19)25-23(30)27-15-13-26(14-16-27)21-8-6-5-7-20(21)24(2,3)4/h5-12,17H,13-16H2,1-4H3,(H,25,30)(H,28,29). The summed E-state index contributed by atoms with van der Waals surface area (Å²) in [7, 11) is 0. The van der Waals surface area contributed by atoms with Crippen molar-refractivity contribution in [3.8, 4) is 5.75 Å². The zero-order valence-electron chi connectivity index (χ0n) is 18.6. The number of carbonyl (C=O) groups excluding carboxylic acids is 1. The van der Waals surface area contributed by atoms with Crippen LogP contribution in [0, 0.1) is 0 Å². The maximum Gasteiger partial charge on any atom is 0.344 e. The Bertz CT molecular complexity index is 913. The summed E-state index contributed by atoms with van der Waals surface area (Å²) in [6, 6.07) is 15.0. The molecule has 7 heteroatoms. The van der Waals surface area contributed by atoms with Gasteiger partial charge in [-0.2, -0.15) is 0 Å². The minimum absolute atomic E-state index is 0.0588. The molecule has 31 heavy (non-hydrogen) atoms. The van der Waals surface area contributed by atoms with Crippen LogP contribution in [0.5, 0.6) is 5.75 Å². The molecule has 3 rings (SSSR count). The molecule has 1 atom stereocenters. The number of nitrogens with zero attached hydrogens (tertiary/aromatic N) is 2. The van der Waals surface area contributed by atoms with E-state index in [1.165, 1.54) is 18.2 Å². The predicted octanol–water partition coefficient (Wildman–Crippen LogP) is 4.19. The highest BCUT2D eigenvalue weighted by molar-refractivity contribution is 5.89. The first-order valence-corrected chi connectivity index (χ1v) is 10.5. The molecule has 1 aliphatic rings. The fourth-order valence-electron chi connectivity index (χ4n) is 3.61. The normalized spacial score (nSPS) is 15.4. The number of rotatable bonds is 5. The summed E-state index contributed by atoms with van der Waals surface area (Å²) in [5, 5.41) is 11.8. The highest BCUT2D eigenvalue weighted by Crippen LogP contribution is 2.32. The van der Waals surface area contributed by atoms with Crippen molar-refractivity contribution in [1.82, 2.24) is 4.90 Å². The molecule has 2 aromatic carbocycles. The summed E-state index contributed by atoms with van der Waals surface area (Å²) in [6.07, 6.45) is -0.930. The Kier molecular flexibility index (Phi) is 6.73. The number of para-hydroxylation sites is 1. The number of anilines is 2. The van der Waals surface area contributed by atoms with Crippen LogP contribution in [0.1, 0.15) is 33.3 Å². The lowest BCUT2D eigenvalue weighted by molar-refractivity contribution is -0.144. The molecule has 1 aliphatic heterocycles. The van der Waals surface area contributed by atoms with E-state index in [-0.39, 0.29) is 11.4 Å². The summed E-state index contributed by atoms with van der Waals surface area (Å²) in [6.45, 7) is 11.0. The fraction of sp³-hybridized carbons (Fsp3) is 0.417. The van der Waals surface area contributed by atoms with Crippen LogP contribution in [0.25, 0.3) is 0 Å². The van der Waals surface area contributed by atoms with Crippen molar-refractivity contribution in [3.63, 3.8) is 0 Å². The van der Waals surface area contributed by atoms with Crippen LogP contribution in [-0.4, -0.2) is 54.3 Å². The Morgan fingerprint density at radius 2 is 1.61 bits per heavy atom. The lowest BCUT2D eigenvalue weighted by atomic mass is 9.85. The van der Waals surface area contributed by atoms with Crippen LogP contribution in [0.15, 0.2) is 48.5 Å². The number of amides is 2. The van der Waals surface area contributed by atoms with Crippen LogP contribution < -0.4 is 15.0 Å². The van der Waals surface area contributed by atoms with Gasteiger partial charge in [0.05, 0.1) is 0 Å². The molecule has 0 bridgehead atoms. The molecule has 166 valence electrons. The maximum absolute atomic E-state index is 12.7. The lowest BCUT2D eigenvalue weighted by Gasteiger charge is -2.38. The first-order valence-electron chi connectivity index (χ1n) is 10.5. The zero-order valence-corrected chi connectivity index (χ0v) is 18.6. The van der Waals surface area contributed by atoms with Crippen LogP contribution in [-0.2, 0) is 10.2 Å². The van der Waals surface area contributed by atoms with Crippen molar-refractivity contribution >= 4 is 23.4 Å². The Morgan fingerprint density at radius 1 is 1.00 bits per heavy atom. The molecule has 0 spiro atoms. The van der Waals surface area contributed by atoms with E-state index < -0.39 is 12.1 Å². The van der Waals surface area contributed by atoms with Gasteiger partial charge in [0.2, 0.25) is 0 Å². The zero-order chi connectivity index (χ0) is 22.6. The molecule has 1 fully saturated rings. The average molecular weight is 426 g/mol. The molecular weight excluding hydrogens is 394 g/mol. The number of piperazine rings is 1. The van der Waals surface area contributed by atoms with E-state index in [0.29, 0.717) is 24.5 Å². The van der Waals surface area contributed by atoms with Crippen LogP contribution in [0.2, 0.25) is 0 Å². The average Bonchev–Trinajstić information content (AvgIpc) is 2.74. The highest BCUT2D eigenvalue weighted by Gasteiger charge is 2.25. The van der Waals surface area contributed by atoms with E-state index in [0.717, 1.165) is 13.1 Å². The van der Waals surface area contributed by atoms with Crippen molar-refractivity contribution in [1.29, 1.82) is 0 Å². The number of carboxylic acid groups (broad SMARTS) is 1. The molecule has 0 saturated carbocycles. The van der Waals surface area contributed by atoms with Crippen molar-refractivity contribution in [2.75, 3.05) is 36.4 Å². The smallest absolute Gasteiger partial charge is 0.344 e. The van der Waals surface area contributed by atoms with Gasteiger partial charge in [-0.15, -0.1) is 0 Å². The Morgan fingerprint density at radius 3 is 2.19 bits per heavy atom. The summed E-state index contributed by atoms with van der Waals surface area (Å²) in [4.78, 5) is 27.7. The molecule has 7 nitrogen and oxygen atoms in total. The molecule has 2 aromatic rings. The van der Waals surface area contributed by atoms with E-state index in [1.807, 2.05) is 4.90 Å². The van der Waals surface area contributed by atoms with Crippen LogP contribution in [0.4, 0.5) is 16.2 Å². The molecule has 1 unspecified atom stereocenters. The Balaban J connectivity index is 1.56. The third-order valence-corrected chi connectivity index (χ3v) is 5.39. The third kappa shape index (κ3) is 5.69. The predicted molar refractivity (Wildman–Crippen MR) is 122 cm³/mol. The van der Waals surface area contributed by atoms with Gasteiger partial charge in [-0.3, -0.25) is 0 Å². The first-order chi connectivity index (χ1) is 14.6. The van der Waals surface area contributed by atoms with Gasteiger partial charge in [0.1, 0.15) is 5.75 Å². The molecule has 0 aromatic heterocycles. The van der Waals surface area contributed by atoms with E-state index in [9.17, 15) is 9.59 Å². The SMILES string of the molecule is CC(Oc1ccc(NC(=O)N2CCN(c3ccccc3C(C)(C)C)CC2)cc1)C(=O)O. The van der Waals surface area contributed by atoms with Gasteiger partial charge >= 0.3 is 12.0 Å². The number of aliphatic carboxylic acids is 1. The van der Waals surface area contributed by atoms with Gasteiger partial charge < -0.3 is 25.0 Å². The van der Waals surface area contributed by atoms with E-state index >= 15 is 0 Å². The van der Waals surface area contributed by atoms with Gasteiger partial charge in [-0.1, -0.05) is 39.0 Å². The second-order valence-electron chi connectivity index (χ2n) is 8.79. The molecule has 2 amide bonds. The molecule has 0 aliphatic carbocycles. The minimum atomic E-state index is -1.03. The molecule has 1 saturated heterocycles. The summed E-state index contributed by atoms with van der Waals surface area (Å²) in [5.41, 5.74) is 3.25. The van der Waals surface area contributed by atoms with Gasteiger partial charge in [0.15, 0.2) is 6.10 Å². The largest absolute Gasteiger partial charge is 0.479 e. The van der Waals surface area contributed by atoms with Crippen molar-refractivity contribution in [2.24, 2.45) is 0 Å². The molecule has 0 radical (unpaired) electrons. The highest BCUT2D eigenvalue weighted by atomic mass is 16.5. The van der Waals surface area contributed by atoms with Crippen LogP contribution >= 0.6 is 0 Å². The molecule has 1 heterocycles. The van der Waals surface area contributed by atoms with Gasteiger partial charge in [-0.05, 0) is 48.2 Å². The number of hydrogen-bond acceptors (Lipinski definition) is 4. The summed E-state index contributed by atoms with van der Waals surface area (Å²) < 4.78 is 5.31. The molecule has 2 N–H and O–H groups in total. The molecular formula is C24H31N3O4. The summed E-state index contributed by atoms with van der Waals surface area (Å²) in [5.74, 6) is -0.583.